The number of carbonyl (C=O) groups excluding carboxylic acids is 1. The fraction of sp³-hybridized carbons (Fsp3) is 0.231. The van der Waals surface area contributed by atoms with Crippen LogP contribution in [0.4, 0.5) is 8.78 Å². The van der Waals surface area contributed by atoms with E-state index in [0.29, 0.717) is 29.2 Å². The van der Waals surface area contributed by atoms with Crippen molar-refractivity contribution in [1.82, 2.24) is 4.90 Å². The molecule has 1 atom stereocenters. The standard InChI is InChI=1S/C26H24F2N2O4/c1-32-24-11-10-18(13-25(24)33-2)23-14-20(34-29-23)16-30(15-17-6-5-7-19(27)12-17)26(31)21-8-3-4-9-22(21)28/h3-13,20H,14-16H2,1-2H3/t20-/m1/s1. The van der Waals surface area contributed by atoms with Crippen molar-refractivity contribution in [2.24, 2.45) is 5.16 Å². The topological polar surface area (TPSA) is 60.4 Å². The third-order valence-electron chi connectivity index (χ3n) is 5.53. The van der Waals surface area contributed by atoms with Gasteiger partial charge in [0, 0.05) is 18.5 Å². The van der Waals surface area contributed by atoms with Crippen LogP contribution in [0.1, 0.15) is 27.9 Å². The highest BCUT2D eigenvalue weighted by Gasteiger charge is 2.29. The molecule has 176 valence electrons. The third-order valence-corrected chi connectivity index (χ3v) is 5.53. The van der Waals surface area contributed by atoms with Crippen molar-refractivity contribution in [2.45, 2.75) is 19.1 Å². The number of halogens is 2. The van der Waals surface area contributed by atoms with Crippen LogP contribution in [0.3, 0.4) is 0 Å². The van der Waals surface area contributed by atoms with Gasteiger partial charge in [-0.3, -0.25) is 4.79 Å². The molecule has 0 saturated heterocycles. The van der Waals surface area contributed by atoms with Gasteiger partial charge in [0.25, 0.3) is 5.91 Å². The molecule has 0 fully saturated rings. The second-order valence-corrected chi connectivity index (χ2v) is 7.83. The van der Waals surface area contributed by atoms with Gasteiger partial charge < -0.3 is 19.2 Å². The first kappa shape index (κ1) is 23.2. The van der Waals surface area contributed by atoms with E-state index in [4.69, 9.17) is 14.3 Å². The Labute approximate surface area is 196 Å². The summed E-state index contributed by atoms with van der Waals surface area (Å²) in [5.41, 5.74) is 2.02. The number of hydrogen-bond acceptors (Lipinski definition) is 5. The monoisotopic (exact) mass is 466 g/mol. The van der Waals surface area contributed by atoms with E-state index in [1.54, 1.807) is 44.6 Å². The van der Waals surface area contributed by atoms with Crippen LogP contribution >= 0.6 is 0 Å². The molecule has 0 N–H and O–H groups in total. The molecule has 0 unspecified atom stereocenters. The van der Waals surface area contributed by atoms with E-state index < -0.39 is 23.6 Å². The maximum Gasteiger partial charge on any atom is 0.257 e. The highest BCUT2D eigenvalue weighted by Crippen LogP contribution is 2.30. The van der Waals surface area contributed by atoms with Crippen molar-refractivity contribution in [3.8, 4) is 11.5 Å². The first-order chi connectivity index (χ1) is 16.5. The lowest BCUT2D eigenvalue weighted by Gasteiger charge is -2.25. The van der Waals surface area contributed by atoms with Gasteiger partial charge >= 0.3 is 0 Å². The molecular formula is C26H24F2N2O4. The minimum Gasteiger partial charge on any atom is -0.493 e. The molecule has 0 aliphatic carbocycles. The summed E-state index contributed by atoms with van der Waals surface area (Å²) < 4.78 is 38.7. The number of hydrogen-bond donors (Lipinski definition) is 0. The molecule has 1 amide bonds. The van der Waals surface area contributed by atoms with Gasteiger partial charge in [0.05, 0.1) is 32.0 Å². The summed E-state index contributed by atoms with van der Waals surface area (Å²) >= 11 is 0. The van der Waals surface area contributed by atoms with Crippen molar-refractivity contribution in [3.05, 3.63) is 95.1 Å². The molecule has 34 heavy (non-hydrogen) atoms. The predicted molar refractivity (Wildman–Crippen MR) is 123 cm³/mol. The summed E-state index contributed by atoms with van der Waals surface area (Å²) in [6.07, 6.45) is -0.0213. The molecule has 0 radical (unpaired) electrons. The molecule has 8 heteroatoms. The van der Waals surface area contributed by atoms with Crippen LogP contribution < -0.4 is 9.47 Å². The smallest absolute Gasteiger partial charge is 0.257 e. The maximum atomic E-state index is 14.4. The predicted octanol–water partition coefficient (Wildman–Crippen LogP) is 4.82. The molecule has 0 aromatic heterocycles. The Kier molecular flexibility index (Phi) is 7.06. The quantitative estimate of drug-likeness (QED) is 0.478. The van der Waals surface area contributed by atoms with Gasteiger partial charge in [0.15, 0.2) is 17.6 Å². The Hall–Kier alpha value is -3.94. The first-order valence-corrected chi connectivity index (χ1v) is 10.7. The van der Waals surface area contributed by atoms with Gasteiger partial charge in [-0.15, -0.1) is 0 Å². The van der Waals surface area contributed by atoms with Crippen molar-refractivity contribution in [3.63, 3.8) is 0 Å². The first-order valence-electron chi connectivity index (χ1n) is 10.7. The Morgan fingerprint density at radius 2 is 1.82 bits per heavy atom. The largest absolute Gasteiger partial charge is 0.493 e. The number of rotatable bonds is 8. The number of methoxy groups -OCH3 is 2. The summed E-state index contributed by atoms with van der Waals surface area (Å²) in [5, 5.41) is 4.19. The lowest BCUT2D eigenvalue weighted by atomic mass is 10.0. The summed E-state index contributed by atoms with van der Waals surface area (Å²) in [5.74, 6) is -0.378. The second kappa shape index (κ2) is 10.3. The molecule has 1 aliphatic rings. The van der Waals surface area contributed by atoms with E-state index in [0.717, 1.165) is 5.56 Å². The molecule has 6 nitrogen and oxygen atoms in total. The second-order valence-electron chi connectivity index (χ2n) is 7.83. The molecular weight excluding hydrogens is 442 g/mol. The summed E-state index contributed by atoms with van der Waals surface area (Å²) in [6.45, 7) is 0.237. The molecule has 0 spiro atoms. The normalized spacial score (nSPS) is 14.8. The number of oxime groups is 1. The van der Waals surface area contributed by atoms with Crippen LogP contribution in [0.2, 0.25) is 0 Å². The zero-order chi connectivity index (χ0) is 24.1. The minimum absolute atomic E-state index is 0.0575. The van der Waals surface area contributed by atoms with Gasteiger partial charge in [0.1, 0.15) is 11.6 Å². The van der Waals surface area contributed by atoms with Gasteiger partial charge in [0.2, 0.25) is 0 Å². The Balaban J connectivity index is 1.53. The van der Waals surface area contributed by atoms with Crippen LogP contribution in [-0.4, -0.2) is 43.4 Å². The fourth-order valence-electron chi connectivity index (χ4n) is 3.84. The van der Waals surface area contributed by atoms with Crippen molar-refractivity contribution in [2.75, 3.05) is 20.8 Å². The van der Waals surface area contributed by atoms with Crippen LogP contribution in [0.25, 0.3) is 0 Å². The average Bonchev–Trinajstić information content (AvgIpc) is 3.31. The fourth-order valence-corrected chi connectivity index (χ4v) is 3.84. The van der Waals surface area contributed by atoms with Crippen LogP contribution in [0, 0.1) is 11.6 Å². The lowest BCUT2D eigenvalue weighted by molar-refractivity contribution is 0.0402. The Bertz CT molecular complexity index is 1210. The van der Waals surface area contributed by atoms with Crippen LogP contribution in [0.15, 0.2) is 71.9 Å². The van der Waals surface area contributed by atoms with E-state index in [-0.39, 0.29) is 18.7 Å². The van der Waals surface area contributed by atoms with Crippen molar-refractivity contribution >= 4 is 11.6 Å². The third kappa shape index (κ3) is 5.17. The molecule has 0 saturated carbocycles. The summed E-state index contributed by atoms with van der Waals surface area (Å²) in [4.78, 5) is 20.3. The maximum absolute atomic E-state index is 14.4. The number of carbonyl (C=O) groups is 1. The van der Waals surface area contributed by atoms with E-state index in [1.165, 1.54) is 35.2 Å². The summed E-state index contributed by atoms with van der Waals surface area (Å²) in [7, 11) is 3.11. The zero-order valence-corrected chi connectivity index (χ0v) is 18.8. The Morgan fingerprint density at radius 3 is 2.56 bits per heavy atom. The van der Waals surface area contributed by atoms with Gasteiger partial charge in [-0.25, -0.2) is 8.78 Å². The van der Waals surface area contributed by atoms with E-state index >= 15 is 0 Å². The average molecular weight is 466 g/mol. The number of benzene rings is 3. The molecule has 3 aromatic carbocycles. The van der Waals surface area contributed by atoms with Gasteiger partial charge in [-0.2, -0.15) is 0 Å². The van der Waals surface area contributed by atoms with E-state index in [2.05, 4.69) is 5.16 Å². The molecule has 3 aromatic rings. The van der Waals surface area contributed by atoms with Crippen molar-refractivity contribution in [1.29, 1.82) is 0 Å². The van der Waals surface area contributed by atoms with Gasteiger partial charge in [-0.05, 0) is 48.0 Å². The minimum atomic E-state index is -0.619. The molecule has 4 rings (SSSR count). The molecule has 1 aliphatic heterocycles. The van der Waals surface area contributed by atoms with Crippen LogP contribution in [0.5, 0.6) is 11.5 Å². The number of amides is 1. The molecule has 1 heterocycles. The highest BCUT2D eigenvalue weighted by molar-refractivity contribution is 6.02. The SMILES string of the molecule is COc1ccc(C2=NO[C@@H](CN(Cc3cccc(F)c3)C(=O)c3ccccc3F)C2)cc1OC. The molecule has 0 bridgehead atoms. The number of ether oxygens (including phenoxy) is 2. The highest BCUT2D eigenvalue weighted by atomic mass is 19.1. The van der Waals surface area contributed by atoms with Crippen LogP contribution in [-0.2, 0) is 11.4 Å². The Morgan fingerprint density at radius 1 is 1.03 bits per heavy atom. The van der Waals surface area contributed by atoms with E-state index in [9.17, 15) is 13.6 Å². The van der Waals surface area contributed by atoms with Gasteiger partial charge in [-0.1, -0.05) is 29.4 Å². The zero-order valence-electron chi connectivity index (χ0n) is 18.8. The summed E-state index contributed by atoms with van der Waals surface area (Å²) in [6, 6.07) is 17.2. The van der Waals surface area contributed by atoms with Crippen molar-refractivity contribution < 1.29 is 27.9 Å². The lowest BCUT2D eigenvalue weighted by Crippen LogP contribution is -2.37. The number of nitrogens with zero attached hydrogens (tertiary/aromatic N) is 2. The van der Waals surface area contributed by atoms with E-state index in [1.807, 2.05) is 6.07 Å².